The molecule has 0 aromatic heterocycles. The number of carbonyl (C=O) groups excluding carboxylic acids is 1. The molecule has 0 aromatic rings. The van der Waals surface area contributed by atoms with E-state index in [1.165, 1.54) is 0 Å². The van der Waals surface area contributed by atoms with Gasteiger partial charge in [0.1, 0.15) is 0 Å². The van der Waals surface area contributed by atoms with Gasteiger partial charge in [-0.2, -0.15) is 5.10 Å². The molecule has 1 unspecified atom stereocenters. The van der Waals surface area contributed by atoms with E-state index in [2.05, 4.69) is 5.10 Å². The number of hydrazone groups is 1. The molecule has 2 heterocycles. The monoisotopic (exact) mass is 260 g/mol. The molecule has 94 valence electrons. The van der Waals surface area contributed by atoms with Crippen molar-refractivity contribution in [2.45, 2.75) is 25.3 Å². The first-order valence-corrected chi connectivity index (χ1v) is 6.90. The quantitative estimate of drug-likeness (QED) is 0.702. The topological polar surface area (TPSA) is 104 Å². The van der Waals surface area contributed by atoms with E-state index in [1.54, 1.807) is 6.92 Å². The van der Waals surface area contributed by atoms with Crippen LogP contribution in [0.15, 0.2) is 5.10 Å². The van der Waals surface area contributed by atoms with Gasteiger partial charge in [-0.25, -0.2) is 18.2 Å². The van der Waals surface area contributed by atoms with Gasteiger partial charge in [0.25, 0.3) is 0 Å². The lowest BCUT2D eigenvalue weighted by Crippen LogP contribution is -2.45. The van der Waals surface area contributed by atoms with Crippen LogP contribution in [0.1, 0.15) is 19.8 Å². The number of carboxylic acids is 1. The summed E-state index contributed by atoms with van der Waals surface area (Å²) in [6.45, 7) is 1.61. The van der Waals surface area contributed by atoms with Gasteiger partial charge < -0.3 is 5.11 Å². The molecule has 0 aromatic carbocycles. The van der Waals surface area contributed by atoms with Crippen LogP contribution in [0, 0.1) is 0 Å². The van der Waals surface area contributed by atoms with E-state index in [1.807, 2.05) is 0 Å². The molecule has 0 bridgehead atoms. The molecular formula is C9H12N2O5S. The maximum Gasteiger partial charge on any atom is 0.352 e. The molecular weight excluding hydrogens is 248 g/mol. The average Bonchev–Trinajstić information content (AvgIpc) is 2.69. The lowest BCUT2D eigenvalue weighted by molar-refractivity contribution is -0.133. The Morgan fingerprint density at radius 3 is 2.59 bits per heavy atom. The van der Waals surface area contributed by atoms with E-state index in [0.29, 0.717) is 0 Å². The van der Waals surface area contributed by atoms with E-state index in [9.17, 15) is 18.0 Å². The molecule has 2 aliphatic rings. The van der Waals surface area contributed by atoms with Gasteiger partial charge in [-0.05, 0) is 13.3 Å². The smallest absolute Gasteiger partial charge is 0.352 e. The molecule has 1 N–H and O–H groups in total. The van der Waals surface area contributed by atoms with Gasteiger partial charge in [-0.3, -0.25) is 4.79 Å². The van der Waals surface area contributed by atoms with Crippen LogP contribution >= 0.6 is 0 Å². The number of sulfone groups is 1. The van der Waals surface area contributed by atoms with Crippen molar-refractivity contribution in [1.29, 1.82) is 0 Å². The molecule has 1 saturated heterocycles. The second-order valence-electron chi connectivity index (χ2n) is 4.57. The zero-order valence-corrected chi connectivity index (χ0v) is 10.0. The molecule has 0 aliphatic carbocycles. The van der Waals surface area contributed by atoms with Crippen LogP contribution in [0.5, 0.6) is 0 Å². The number of carbonyl (C=O) groups is 2. The zero-order valence-electron chi connectivity index (χ0n) is 9.21. The van der Waals surface area contributed by atoms with Crippen molar-refractivity contribution in [3.8, 4) is 0 Å². The Bertz CT molecular complexity index is 524. The van der Waals surface area contributed by atoms with E-state index in [4.69, 9.17) is 5.11 Å². The lowest BCUT2D eigenvalue weighted by atomic mass is 10.0. The standard InChI is InChI=1S/C9H12N2O5S/c1-9(2-3-17(15,16)5-9)11-7(12)4-6(10-11)8(13)14/h2-5H2,1H3,(H,13,14). The minimum absolute atomic E-state index is 0.00516. The van der Waals surface area contributed by atoms with E-state index < -0.39 is 27.3 Å². The highest BCUT2D eigenvalue weighted by molar-refractivity contribution is 7.91. The number of rotatable bonds is 2. The minimum Gasteiger partial charge on any atom is -0.477 e. The average molecular weight is 260 g/mol. The molecule has 0 saturated carbocycles. The summed E-state index contributed by atoms with van der Waals surface area (Å²) in [5, 5.41) is 13.5. The molecule has 0 spiro atoms. The van der Waals surface area contributed by atoms with Crippen LogP contribution in [0.3, 0.4) is 0 Å². The first-order chi connectivity index (χ1) is 7.73. The van der Waals surface area contributed by atoms with Gasteiger partial charge in [0.05, 0.1) is 23.5 Å². The Kier molecular flexibility index (Phi) is 2.49. The summed E-state index contributed by atoms with van der Waals surface area (Å²) in [7, 11) is -3.16. The number of nitrogens with zero attached hydrogens (tertiary/aromatic N) is 2. The van der Waals surface area contributed by atoms with Gasteiger partial charge in [-0.15, -0.1) is 0 Å². The van der Waals surface area contributed by atoms with Crippen molar-refractivity contribution >= 4 is 27.4 Å². The van der Waals surface area contributed by atoms with Crippen LogP contribution in [-0.4, -0.2) is 53.2 Å². The summed E-state index contributed by atoms with van der Waals surface area (Å²) >= 11 is 0. The van der Waals surface area contributed by atoms with E-state index >= 15 is 0 Å². The van der Waals surface area contributed by atoms with Crippen LogP contribution < -0.4 is 0 Å². The van der Waals surface area contributed by atoms with Crippen molar-refractivity contribution < 1.29 is 23.1 Å². The second-order valence-corrected chi connectivity index (χ2v) is 6.76. The predicted octanol–water partition coefficient (Wildman–Crippen LogP) is -0.763. The van der Waals surface area contributed by atoms with Crippen LogP contribution in [0.25, 0.3) is 0 Å². The van der Waals surface area contributed by atoms with Crippen LogP contribution in [-0.2, 0) is 19.4 Å². The number of amides is 1. The highest BCUT2D eigenvalue weighted by Crippen LogP contribution is 2.32. The normalized spacial score (nSPS) is 31.7. The van der Waals surface area contributed by atoms with Crippen molar-refractivity contribution in [2.24, 2.45) is 5.10 Å². The highest BCUT2D eigenvalue weighted by Gasteiger charge is 2.48. The SMILES string of the molecule is CC1(N2N=C(C(=O)O)CC2=O)CCS(=O)(=O)C1. The molecule has 2 rings (SSSR count). The lowest BCUT2D eigenvalue weighted by Gasteiger charge is -2.30. The summed E-state index contributed by atoms with van der Waals surface area (Å²) in [5.41, 5.74) is -1.15. The molecule has 0 radical (unpaired) electrons. The molecule has 8 heteroatoms. The van der Waals surface area contributed by atoms with Gasteiger partial charge in [-0.1, -0.05) is 0 Å². The second kappa shape index (κ2) is 3.52. The first kappa shape index (κ1) is 12.0. The molecule has 17 heavy (non-hydrogen) atoms. The third-order valence-corrected chi connectivity index (χ3v) is 4.90. The van der Waals surface area contributed by atoms with Gasteiger partial charge in [0.15, 0.2) is 15.5 Å². The van der Waals surface area contributed by atoms with Gasteiger partial charge in [0.2, 0.25) is 5.91 Å². The minimum atomic E-state index is -3.16. The largest absolute Gasteiger partial charge is 0.477 e. The van der Waals surface area contributed by atoms with Crippen molar-refractivity contribution in [1.82, 2.24) is 5.01 Å². The number of aliphatic carboxylic acids is 1. The predicted molar refractivity (Wildman–Crippen MR) is 58.2 cm³/mol. The maximum absolute atomic E-state index is 11.6. The Hall–Kier alpha value is -1.44. The maximum atomic E-state index is 11.6. The van der Waals surface area contributed by atoms with Crippen LogP contribution in [0.4, 0.5) is 0 Å². The van der Waals surface area contributed by atoms with E-state index in [-0.39, 0.29) is 30.1 Å². The Morgan fingerprint density at radius 1 is 1.53 bits per heavy atom. The first-order valence-electron chi connectivity index (χ1n) is 5.08. The van der Waals surface area contributed by atoms with Crippen molar-refractivity contribution in [3.63, 3.8) is 0 Å². The summed E-state index contributed by atoms with van der Waals surface area (Å²) < 4.78 is 22.8. The van der Waals surface area contributed by atoms with Gasteiger partial charge in [0, 0.05) is 0 Å². The third-order valence-electron chi connectivity index (χ3n) is 3.02. The number of hydrogen-bond acceptors (Lipinski definition) is 5. The highest BCUT2D eigenvalue weighted by atomic mass is 32.2. The molecule has 1 fully saturated rings. The zero-order chi connectivity index (χ0) is 12.8. The Balaban J connectivity index is 2.30. The van der Waals surface area contributed by atoms with Crippen molar-refractivity contribution in [2.75, 3.05) is 11.5 Å². The third kappa shape index (κ3) is 2.04. The summed E-state index contributed by atoms with van der Waals surface area (Å²) in [5.74, 6) is -1.86. The number of carboxylic acid groups (broad SMARTS) is 1. The number of hydrogen-bond donors (Lipinski definition) is 1. The Morgan fingerprint density at radius 2 is 2.18 bits per heavy atom. The fourth-order valence-electron chi connectivity index (χ4n) is 2.13. The summed E-state index contributed by atoms with van der Waals surface area (Å²) in [6.07, 6.45) is 0.0163. The molecule has 1 atom stereocenters. The van der Waals surface area contributed by atoms with Gasteiger partial charge >= 0.3 is 5.97 Å². The fourth-order valence-corrected chi connectivity index (χ4v) is 4.24. The fraction of sp³-hybridized carbons (Fsp3) is 0.667. The van der Waals surface area contributed by atoms with E-state index in [0.717, 1.165) is 5.01 Å². The Labute approximate surface area is 98.0 Å². The molecule has 2 aliphatic heterocycles. The summed E-state index contributed by atoms with van der Waals surface area (Å²) in [6, 6.07) is 0. The van der Waals surface area contributed by atoms with Crippen molar-refractivity contribution in [3.05, 3.63) is 0 Å². The summed E-state index contributed by atoms with van der Waals surface area (Å²) in [4.78, 5) is 22.4. The van der Waals surface area contributed by atoms with Crippen LogP contribution in [0.2, 0.25) is 0 Å². The molecule has 7 nitrogen and oxygen atoms in total. The molecule has 1 amide bonds.